The van der Waals surface area contributed by atoms with E-state index in [1.165, 1.54) is 0 Å². The largest absolute Gasteiger partial charge is 0.480 e. The quantitative estimate of drug-likeness (QED) is 0.786. The molecule has 0 aliphatic heterocycles. The molecular weight excluding hydrogens is 217 g/mol. The summed E-state index contributed by atoms with van der Waals surface area (Å²) in [5.41, 5.74) is 3.90. The summed E-state index contributed by atoms with van der Waals surface area (Å²) in [4.78, 5) is 10.3. The average Bonchev–Trinajstić information content (AvgIpc) is 2.51. The van der Waals surface area contributed by atoms with E-state index in [0.717, 1.165) is 0 Å². The highest BCUT2D eigenvalue weighted by atomic mass is 19.4. The molecule has 0 saturated carbocycles. The number of hydrogen-bond donors (Lipinski definition) is 2. The molecule has 5 nitrogen and oxygen atoms in total. The van der Waals surface area contributed by atoms with Crippen LogP contribution in [0.1, 0.15) is 11.5 Å². The second-order valence-electron chi connectivity index (χ2n) is 2.83. The molecule has 0 saturated heterocycles. The first-order valence-corrected chi connectivity index (χ1v) is 3.82. The van der Waals surface area contributed by atoms with Gasteiger partial charge in [0.15, 0.2) is 5.69 Å². The lowest BCUT2D eigenvalue weighted by atomic mass is 10.2. The fourth-order valence-corrected chi connectivity index (χ4v) is 0.847. The standard InChI is InChI=1S/C7H7F3N2O3/c8-7(9,10)5-2-3(15-12-5)1-4(11)6(13)14/h2,4H,1,11H2,(H,13,14)/t4-/m1/s1. The molecule has 0 bridgehead atoms. The number of aliphatic carboxylic acids is 1. The Labute approximate surface area is 81.6 Å². The van der Waals surface area contributed by atoms with Gasteiger partial charge in [0.1, 0.15) is 11.8 Å². The van der Waals surface area contributed by atoms with Crippen molar-refractivity contribution < 1.29 is 27.6 Å². The topological polar surface area (TPSA) is 89.4 Å². The van der Waals surface area contributed by atoms with Crippen molar-refractivity contribution in [3.8, 4) is 0 Å². The Kier molecular flexibility index (Phi) is 2.98. The molecular formula is C7H7F3N2O3. The summed E-state index contributed by atoms with van der Waals surface area (Å²) in [6.07, 6.45) is -4.94. The molecule has 1 aromatic heterocycles. The van der Waals surface area contributed by atoms with Crippen molar-refractivity contribution in [3.63, 3.8) is 0 Å². The maximum Gasteiger partial charge on any atom is 0.436 e. The highest BCUT2D eigenvalue weighted by Gasteiger charge is 2.35. The fraction of sp³-hybridized carbons (Fsp3) is 0.429. The highest BCUT2D eigenvalue weighted by molar-refractivity contribution is 5.73. The van der Waals surface area contributed by atoms with Gasteiger partial charge in [-0.3, -0.25) is 4.79 Å². The summed E-state index contributed by atoms with van der Waals surface area (Å²) in [5.74, 6) is -1.53. The minimum Gasteiger partial charge on any atom is -0.480 e. The SMILES string of the molecule is N[C@H](Cc1cc(C(F)(F)F)no1)C(=O)O. The molecule has 0 aromatic carbocycles. The van der Waals surface area contributed by atoms with Crippen molar-refractivity contribution in [2.24, 2.45) is 5.73 Å². The van der Waals surface area contributed by atoms with E-state index in [1.54, 1.807) is 0 Å². The predicted octanol–water partition coefficient (Wildman–Crippen LogP) is 0.648. The lowest BCUT2D eigenvalue weighted by Gasteiger charge is -2.01. The molecule has 0 radical (unpaired) electrons. The lowest BCUT2D eigenvalue weighted by Crippen LogP contribution is -2.32. The first kappa shape index (κ1) is 11.5. The molecule has 0 aliphatic carbocycles. The fourth-order valence-electron chi connectivity index (χ4n) is 0.847. The van der Waals surface area contributed by atoms with Crippen LogP contribution in [0.3, 0.4) is 0 Å². The number of alkyl halides is 3. The van der Waals surface area contributed by atoms with Crippen molar-refractivity contribution in [3.05, 3.63) is 17.5 Å². The van der Waals surface area contributed by atoms with Crippen molar-refractivity contribution in [2.45, 2.75) is 18.6 Å². The van der Waals surface area contributed by atoms with Gasteiger partial charge in [0.05, 0.1) is 0 Å². The van der Waals surface area contributed by atoms with Crippen LogP contribution in [0, 0.1) is 0 Å². The highest BCUT2D eigenvalue weighted by Crippen LogP contribution is 2.28. The number of halogens is 3. The van der Waals surface area contributed by atoms with Crippen molar-refractivity contribution in [1.82, 2.24) is 5.16 Å². The van der Waals surface area contributed by atoms with Gasteiger partial charge in [-0.05, 0) is 0 Å². The van der Waals surface area contributed by atoms with Gasteiger partial charge >= 0.3 is 12.1 Å². The Hall–Kier alpha value is -1.57. The number of nitrogens with two attached hydrogens (primary N) is 1. The number of carbonyl (C=O) groups is 1. The van der Waals surface area contributed by atoms with Gasteiger partial charge in [-0.2, -0.15) is 13.2 Å². The maximum atomic E-state index is 12.0. The molecule has 15 heavy (non-hydrogen) atoms. The van der Waals surface area contributed by atoms with E-state index in [4.69, 9.17) is 10.8 Å². The smallest absolute Gasteiger partial charge is 0.436 e. The zero-order valence-electron chi connectivity index (χ0n) is 7.28. The average molecular weight is 224 g/mol. The van der Waals surface area contributed by atoms with Gasteiger partial charge in [-0.25, -0.2) is 0 Å². The van der Waals surface area contributed by atoms with E-state index in [0.29, 0.717) is 6.07 Å². The minimum absolute atomic E-state index is 0.211. The van der Waals surface area contributed by atoms with Crippen LogP contribution in [0.15, 0.2) is 10.6 Å². The Balaban J connectivity index is 2.73. The Morgan fingerprint density at radius 2 is 2.27 bits per heavy atom. The van der Waals surface area contributed by atoms with E-state index in [2.05, 4.69) is 9.68 Å². The van der Waals surface area contributed by atoms with Crippen molar-refractivity contribution in [2.75, 3.05) is 0 Å². The van der Waals surface area contributed by atoms with Crippen molar-refractivity contribution in [1.29, 1.82) is 0 Å². The third-order valence-electron chi connectivity index (χ3n) is 1.59. The number of carboxylic acid groups (broad SMARTS) is 1. The second kappa shape index (κ2) is 3.89. The third-order valence-corrected chi connectivity index (χ3v) is 1.59. The summed E-state index contributed by atoms with van der Waals surface area (Å²) < 4.78 is 40.4. The molecule has 1 aromatic rings. The number of rotatable bonds is 3. The molecule has 1 atom stereocenters. The summed E-state index contributed by atoms with van der Waals surface area (Å²) >= 11 is 0. The van der Waals surface area contributed by atoms with Gasteiger partial charge in [0.25, 0.3) is 0 Å². The molecule has 0 aliphatic rings. The Morgan fingerprint density at radius 3 is 2.67 bits per heavy atom. The van der Waals surface area contributed by atoms with E-state index < -0.39 is 23.9 Å². The molecule has 0 amide bonds. The van der Waals surface area contributed by atoms with Crippen LogP contribution in [-0.2, 0) is 17.4 Å². The van der Waals surface area contributed by atoms with Gasteiger partial charge < -0.3 is 15.4 Å². The normalized spacial score (nSPS) is 13.9. The Bertz CT molecular complexity index is 361. The monoisotopic (exact) mass is 224 g/mol. The molecule has 0 fully saturated rings. The first-order chi connectivity index (χ1) is 6.80. The van der Waals surface area contributed by atoms with Crippen LogP contribution in [0.5, 0.6) is 0 Å². The van der Waals surface area contributed by atoms with Gasteiger partial charge in [-0.1, -0.05) is 5.16 Å². The van der Waals surface area contributed by atoms with Crippen LogP contribution >= 0.6 is 0 Å². The Morgan fingerprint density at radius 1 is 1.67 bits per heavy atom. The number of aromatic nitrogens is 1. The predicted molar refractivity (Wildman–Crippen MR) is 40.8 cm³/mol. The van der Waals surface area contributed by atoms with Crippen LogP contribution in [0.4, 0.5) is 13.2 Å². The van der Waals surface area contributed by atoms with E-state index in [1.807, 2.05) is 0 Å². The number of carboxylic acids is 1. The van der Waals surface area contributed by atoms with E-state index in [9.17, 15) is 18.0 Å². The molecule has 0 spiro atoms. The molecule has 8 heteroatoms. The summed E-state index contributed by atoms with van der Waals surface area (Å²) in [7, 11) is 0. The lowest BCUT2D eigenvalue weighted by molar-refractivity contribution is -0.142. The first-order valence-electron chi connectivity index (χ1n) is 3.82. The van der Waals surface area contributed by atoms with Gasteiger partial charge in [0, 0.05) is 12.5 Å². The molecule has 84 valence electrons. The molecule has 0 unspecified atom stereocenters. The van der Waals surface area contributed by atoms with Crippen LogP contribution in [0.2, 0.25) is 0 Å². The number of nitrogens with zero attached hydrogens (tertiary/aromatic N) is 1. The molecule has 1 heterocycles. The third kappa shape index (κ3) is 2.94. The van der Waals surface area contributed by atoms with Gasteiger partial charge in [-0.15, -0.1) is 0 Å². The minimum atomic E-state index is -4.60. The second-order valence-corrected chi connectivity index (χ2v) is 2.83. The van der Waals surface area contributed by atoms with Crippen LogP contribution < -0.4 is 5.73 Å². The summed E-state index contributed by atoms with van der Waals surface area (Å²) in [5, 5.41) is 11.2. The van der Waals surface area contributed by atoms with E-state index >= 15 is 0 Å². The van der Waals surface area contributed by atoms with E-state index in [-0.39, 0.29) is 12.2 Å². The summed E-state index contributed by atoms with van der Waals surface area (Å²) in [6.45, 7) is 0. The molecule has 1 rings (SSSR count). The maximum absolute atomic E-state index is 12.0. The zero-order chi connectivity index (χ0) is 11.6. The number of hydrogen-bond acceptors (Lipinski definition) is 4. The van der Waals surface area contributed by atoms with Crippen LogP contribution in [-0.4, -0.2) is 22.3 Å². The molecule has 3 N–H and O–H groups in total. The summed E-state index contributed by atoms with van der Waals surface area (Å²) in [6, 6.07) is -0.679. The van der Waals surface area contributed by atoms with Crippen molar-refractivity contribution >= 4 is 5.97 Å². The van der Waals surface area contributed by atoms with Crippen LogP contribution in [0.25, 0.3) is 0 Å². The zero-order valence-corrected chi connectivity index (χ0v) is 7.28. The van der Waals surface area contributed by atoms with Gasteiger partial charge in [0.2, 0.25) is 0 Å².